The summed E-state index contributed by atoms with van der Waals surface area (Å²) in [7, 11) is 0. The highest BCUT2D eigenvalue weighted by Crippen LogP contribution is 2.26. The smallest absolute Gasteiger partial charge is 0.352 e. The quantitative estimate of drug-likeness (QED) is 0.903. The van der Waals surface area contributed by atoms with Crippen LogP contribution >= 0.6 is 0 Å². The Morgan fingerprint density at radius 1 is 1.33 bits per heavy atom. The van der Waals surface area contributed by atoms with Gasteiger partial charge in [-0.15, -0.1) is 0 Å². The van der Waals surface area contributed by atoms with Crippen LogP contribution in [-0.4, -0.2) is 40.9 Å². The van der Waals surface area contributed by atoms with Gasteiger partial charge in [0.05, 0.1) is 6.61 Å². The van der Waals surface area contributed by atoms with Crippen LogP contribution in [0.25, 0.3) is 0 Å². The van der Waals surface area contributed by atoms with Crippen LogP contribution in [0.1, 0.15) is 24.0 Å². The summed E-state index contributed by atoms with van der Waals surface area (Å²) in [5.41, 5.74) is 2.34. The molecule has 3 rings (SSSR count). The molecule has 0 spiro atoms. The number of rotatable bonds is 4. The summed E-state index contributed by atoms with van der Waals surface area (Å²) in [6.07, 6.45) is 1.98. The van der Waals surface area contributed by atoms with Gasteiger partial charge < -0.3 is 9.84 Å². The Bertz CT molecular complexity index is 624. The van der Waals surface area contributed by atoms with Crippen LogP contribution in [0.2, 0.25) is 0 Å². The third kappa shape index (κ3) is 2.89. The minimum absolute atomic E-state index is 0.0527. The molecule has 0 saturated carbocycles. The minimum atomic E-state index is -1.05. The normalized spacial score (nSPS) is 17.2. The predicted octanol–water partition coefficient (Wildman–Crippen LogP) is 1.23. The Balaban J connectivity index is 1.67. The highest BCUT2D eigenvalue weighted by molar-refractivity contribution is 6.36. The number of nitrogens with zero attached hydrogens (tertiary/aromatic N) is 2. The van der Waals surface area contributed by atoms with E-state index in [2.05, 4.69) is 11.2 Å². The zero-order valence-electron chi connectivity index (χ0n) is 11.5. The first-order valence-corrected chi connectivity index (χ1v) is 6.99. The number of aliphatic carboxylic acids is 1. The van der Waals surface area contributed by atoms with Gasteiger partial charge in [0.15, 0.2) is 0 Å². The number of benzene rings is 1. The van der Waals surface area contributed by atoms with E-state index in [1.165, 1.54) is 10.6 Å². The van der Waals surface area contributed by atoms with E-state index in [1.807, 2.05) is 12.1 Å². The standard InChI is InChI=1S/C15H16N2O4/c18-14-4-2-12(15(19)20)16-17(14)7-5-10-1-3-13-11(9-10)6-8-21-13/h1,3,9H,2,4-8H2,(H,19,20). The molecule has 0 atom stereocenters. The second-order valence-electron chi connectivity index (χ2n) is 5.16. The van der Waals surface area contributed by atoms with E-state index in [0.29, 0.717) is 13.0 Å². The van der Waals surface area contributed by atoms with Gasteiger partial charge in [-0.2, -0.15) is 5.10 Å². The molecule has 0 saturated heterocycles. The summed E-state index contributed by atoms with van der Waals surface area (Å²) in [5.74, 6) is -0.245. The second kappa shape index (κ2) is 5.55. The summed E-state index contributed by atoms with van der Waals surface area (Å²) < 4.78 is 5.45. The van der Waals surface area contributed by atoms with Crippen molar-refractivity contribution in [2.45, 2.75) is 25.7 Å². The second-order valence-corrected chi connectivity index (χ2v) is 5.16. The molecule has 1 amide bonds. The van der Waals surface area contributed by atoms with Crippen LogP contribution in [0.5, 0.6) is 5.75 Å². The van der Waals surface area contributed by atoms with Crippen LogP contribution in [-0.2, 0) is 22.4 Å². The molecule has 0 bridgehead atoms. The number of hydrazone groups is 1. The Labute approximate surface area is 122 Å². The molecule has 110 valence electrons. The van der Waals surface area contributed by atoms with Crippen molar-refractivity contribution in [3.8, 4) is 5.75 Å². The maximum atomic E-state index is 11.8. The van der Waals surface area contributed by atoms with Gasteiger partial charge in [0.2, 0.25) is 5.91 Å². The summed E-state index contributed by atoms with van der Waals surface area (Å²) in [5, 5.41) is 14.2. The highest BCUT2D eigenvalue weighted by atomic mass is 16.5. The Morgan fingerprint density at radius 2 is 2.19 bits per heavy atom. The largest absolute Gasteiger partial charge is 0.493 e. The molecular weight excluding hydrogens is 272 g/mol. The van der Waals surface area contributed by atoms with E-state index in [1.54, 1.807) is 0 Å². The first-order chi connectivity index (χ1) is 10.1. The Kier molecular flexibility index (Phi) is 3.60. The van der Waals surface area contributed by atoms with E-state index in [4.69, 9.17) is 9.84 Å². The zero-order valence-corrected chi connectivity index (χ0v) is 11.5. The molecule has 0 aliphatic carbocycles. The number of ether oxygens (including phenoxy) is 1. The molecule has 1 N–H and O–H groups in total. The van der Waals surface area contributed by atoms with Gasteiger partial charge in [-0.1, -0.05) is 12.1 Å². The zero-order chi connectivity index (χ0) is 14.8. The van der Waals surface area contributed by atoms with Crippen LogP contribution < -0.4 is 4.74 Å². The summed E-state index contributed by atoms with van der Waals surface area (Å²) in [6.45, 7) is 1.12. The fraction of sp³-hybridized carbons (Fsp3) is 0.400. The number of hydrogen-bond acceptors (Lipinski definition) is 4. The highest BCUT2D eigenvalue weighted by Gasteiger charge is 2.23. The van der Waals surface area contributed by atoms with Crippen LogP contribution in [0.15, 0.2) is 23.3 Å². The lowest BCUT2D eigenvalue weighted by Gasteiger charge is -2.22. The molecule has 0 radical (unpaired) electrons. The van der Waals surface area contributed by atoms with Crippen LogP contribution in [0.3, 0.4) is 0 Å². The van der Waals surface area contributed by atoms with Crippen molar-refractivity contribution in [2.75, 3.05) is 13.2 Å². The summed E-state index contributed by atoms with van der Waals surface area (Å²) >= 11 is 0. The molecule has 1 aromatic carbocycles. The number of amides is 1. The minimum Gasteiger partial charge on any atom is -0.493 e. The monoisotopic (exact) mass is 288 g/mol. The molecule has 1 aromatic rings. The first kappa shape index (κ1) is 13.6. The lowest BCUT2D eigenvalue weighted by molar-refractivity contribution is -0.132. The molecule has 0 unspecified atom stereocenters. The third-order valence-electron chi connectivity index (χ3n) is 3.72. The molecule has 0 aromatic heterocycles. The molecule has 2 heterocycles. The molecule has 2 aliphatic rings. The van der Waals surface area contributed by atoms with E-state index in [-0.39, 0.29) is 24.5 Å². The summed E-state index contributed by atoms with van der Waals surface area (Å²) in [6, 6.07) is 6.00. The van der Waals surface area contributed by atoms with Crippen LogP contribution in [0.4, 0.5) is 0 Å². The maximum Gasteiger partial charge on any atom is 0.352 e. The predicted molar refractivity (Wildman–Crippen MR) is 75.4 cm³/mol. The number of hydrogen-bond donors (Lipinski definition) is 1. The maximum absolute atomic E-state index is 11.8. The van der Waals surface area contributed by atoms with Crippen molar-refractivity contribution >= 4 is 17.6 Å². The molecule has 6 nitrogen and oxygen atoms in total. The van der Waals surface area contributed by atoms with E-state index in [9.17, 15) is 9.59 Å². The fourth-order valence-electron chi connectivity index (χ4n) is 2.56. The number of fused-ring (bicyclic) bond motifs is 1. The SMILES string of the molecule is O=C(O)C1=NN(CCc2ccc3c(c2)CCO3)C(=O)CC1. The van der Waals surface area contributed by atoms with Gasteiger partial charge in [-0.25, -0.2) is 9.80 Å². The van der Waals surface area contributed by atoms with Crippen molar-refractivity contribution in [3.05, 3.63) is 29.3 Å². The van der Waals surface area contributed by atoms with Crippen molar-refractivity contribution in [3.63, 3.8) is 0 Å². The Morgan fingerprint density at radius 3 is 3.00 bits per heavy atom. The van der Waals surface area contributed by atoms with Gasteiger partial charge in [-0.3, -0.25) is 4.79 Å². The van der Waals surface area contributed by atoms with Gasteiger partial charge >= 0.3 is 5.97 Å². The third-order valence-corrected chi connectivity index (χ3v) is 3.72. The lowest BCUT2D eigenvalue weighted by Crippen LogP contribution is -2.35. The molecular formula is C15H16N2O4. The molecule has 2 aliphatic heterocycles. The summed E-state index contributed by atoms with van der Waals surface area (Å²) in [4.78, 5) is 22.7. The average Bonchev–Trinajstić information content (AvgIpc) is 2.93. The van der Waals surface area contributed by atoms with E-state index >= 15 is 0 Å². The molecule has 6 heteroatoms. The first-order valence-electron chi connectivity index (χ1n) is 6.99. The lowest BCUT2D eigenvalue weighted by atomic mass is 10.1. The average molecular weight is 288 g/mol. The van der Waals surface area contributed by atoms with Gasteiger partial charge in [-0.05, 0) is 23.6 Å². The van der Waals surface area contributed by atoms with Crippen molar-refractivity contribution in [2.24, 2.45) is 5.10 Å². The van der Waals surface area contributed by atoms with Crippen molar-refractivity contribution in [1.82, 2.24) is 5.01 Å². The Hall–Kier alpha value is -2.37. The van der Waals surface area contributed by atoms with Gasteiger partial charge in [0.1, 0.15) is 11.5 Å². The van der Waals surface area contributed by atoms with E-state index in [0.717, 1.165) is 24.3 Å². The fourth-order valence-corrected chi connectivity index (χ4v) is 2.56. The van der Waals surface area contributed by atoms with Crippen molar-refractivity contribution in [1.29, 1.82) is 0 Å². The van der Waals surface area contributed by atoms with Gasteiger partial charge in [0, 0.05) is 25.8 Å². The molecule has 0 fully saturated rings. The molecule has 21 heavy (non-hydrogen) atoms. The van der Waals surface area contributed by atoms with Crippen LogP contribution in [0, 0.1) is 0 Å². The topological polar surface area (TPSA) is 79.2 Å². The number of carboxylic acids is 1. The number of carbonyl (C=O) groups is 2. The van der Waals surface area contributed by atoms with Crippen molar-refractivity contribution < 1.29 is 19.4 Å². The van der Waals surface area contributed by atoms with Gasteiger partial charge in [0.25, 0.3) is 0 Å². The van der Waals surface area contributed by atoms with E-state index < -0.39 is 5.97 Å². The number of carbonyl (C=O) groups excluding carboxylic acids is 1. The number of carboxylic acid groups (broad SMARTS) is 1.